The van der Waals surface area contributed by atoms with Crippen molar-refractivity contribution in [3.8, 4) is 5.75 Å². The van der Waals surface area contributed by atoms with Crippen molar-refractivity contribution in [2.45, 2.75) is 19.5 Å². The van der Waals surface area contributed by atoms with Crippen LogP contribution >= 0.6 is 0 Å². The van der Waals surface area contributed by atoms with Crippen LogP contribution in [0.2, 0.25) is 0 Å². The molecule has 20 heavy (non-hydrogen) atoms. The number of halogens is 1. The molecule has 0 radical (unpaired) electrons. The van der Waals surface area contributed by atoms with E-state index in [0.717, 1.165) is 24.4 Å². The second-order valence-corrected chi connectivity index (χ2v) is 5.30. The highest BCUT2D eigenvalue weighted by atomic mass is 19.1. The van der Waals surface area contributed by atoms with Crippen LogP contribution in [0.4, 0.5) is 4.39 Å². The Morgan fingerprint density at radius 3 is 2.85 bits per heavy atom. The Morgan fingerprint density at radius 1 is 1.40 bits per heavy atom. The Kier molecular flexibility index (Phi) is 3.44. The van der Waals surface area contributed by atoms with Gasteiger partial charge in [0.05, 0.1) is 19.3 Å². The molecule has 0 unspecified atom stereocenters. The minimum atomic E-state index is -0.222. The lowest BCUT2D eigenvalue weighted by Gasteiger charge is -2.39. The predicted octanol–water partition coefficient (Wildman–Crippen LogP) is 2.40. The maximum absolute atomic E-state index is 13.3. The maximum atomic E-state index is 13.3. The average Bonchev–Trinajstić information content (AvgIpc) is 2.79. The van der Waals surface area contributed by atoms with Crippen molar-refractivity contribution in [2.24, 2.45) is 0 Å². The summed E-state index contributed by atoms with van der Waals surface area (Å²) in [5.41, 5.74) is 2.07. The van der Waals surface area contributed by atoms with Crippen LogP contribution in [0.25, 0.3) is 0 Å². The topological polar surface area (TPSA) is 30.3 Å². The first-order valence-electron chi connectivity index (χ1n) is 6.71. The maximum Gasteiger partial charge on any atom is 0.123 e. The van der Waals surface area contributed by atoms with Gasteiger partial charge in [-0.1, -0.05) is 0 Å². The molecule has 1 aliphatic rings. The largest absolute Gasteiger partial charge is 0.496 e. The van der Waals surface area contributed by atoms with Gasteiger partial charge in [0.25, 0.3) is 0 Å². The van der Waals surface area contributed by atoms with Crippen LogP contribution in [0.15, 0.2) is 30.6 Å². The monoisotopic (exact) mass is 275 g/mol. The number of aromatic nitrogens is 2. The van der Waals surface area contributed by atoms with Crippen LogP contribution in [0.5, 0.6) is 5.75 Å². The van der Waals surface area contributed by atoms with Crippen molar-refractivity contribution >= 4 is 0 Å². The molecule has 0 N–H and O–H groups in total. The number of hydrogen-bond acceptors (Lipinski definition) is 3. The third kappa shape index (κ3) is 2.54. The third-order valence-corrected chi connectivity index (χ3v) is 3.68. The van der Waals surface area contributed by atoms with Gasteiger partial charge in [0, 0.05) is 31.4 Å². The molecule has 1 fully saturated rings. The number of hydrogen-bond donors (Lipinski definition) is 0. The van der Waals surface area contributed by atoms with Gasteiger partial charge in [0.2, 0.25) is 0 Å². The zero-order chi connectivity index (χ0) is 14.1. The standard InChI is InChI=1S/C15H18FN3O/c1-11-6-17-19(7-11)14-9-18(10-14)8-12-5-13(16)3-4-15(12)20-2/h3-7,14H,8-10H2,1-2H3. The van der Waals surface area contributed by atoms with Crippen molar-refractivity contribution in [1.29, 1.82) is 0 Å². The summed E-state index contributed by atoms with van der Waals surface area (Å²) in [5, 5.41) is 4.33. The molecule has 4 nitrogen and oxygen atoms in total. The molecule has 0 atom stereocenters. The van der Waals surface area contributed by atoms with Crippen LogP contribution in [0, 0.1) is 12.7 Å². The van der Waals surface area contributed by atoms with Crippen LogP contribution in [0.3, 0.4) is 0 Å². The Labute approximate surface area is 117 Å². The lowest BCUT2D eigenvalue weighted by Crippen LogP contribution is -2.47. The number of aryl methyl sites for hydroxylation is 1. The molecule has 0 saturated carbocycles. The van der Waals surface area contributed by atoms with Crippen LogP contribution < -0.4 is 4.74 Å². The molecule has 1 saturated heterocycles. The highest BCUT2D eigenvalue weighted by molar-refractivity contribution is 5.34. The van der Waals surface area contributed by atoms with E-state index in [1.807, 2.05) is 17.8 Å². The minimum Gasteiger partial charge on any atom is -0.496 e. The van der Waals surface area contributed by atoms with E-state index in [4.69, 9.17) is 4.74 Å². The fourth-order valence-corrected chi connectivity index (χ4v) is 2.58. The Hall–Kier alpha value is -1.88. The van der Waals surface area contributed by atoms with E-state index in [2.05, 4.69) is 16.2 Å². The van der Waals surface area contributed by atoms with E-state index in [-0.39, 0.29) is 5.82 Å². The molecule has 1 aliphatic heterocycles. The van der Waals surface area contributed by atoms with Crippen molar-refractivity contribution in [2.75, 3.05) is 20.2 Å². The number of ether oxygens (including phenoxy) is 1. The fraction of sp³-hybridized carbons (Fsp3) is 0.400. The molecule has 106 valence electrons. The van der Waals surface area contributed by atoms with Gasteiger partial charge in [-0.2, -0.15) is 5.10 Å². The Morgan fingerprint density at radius 2 is 2.20 bits per heavy atom. The third-order valence-electron chi connectivity index (χ3n) is 3.68. The summed E-state index contributed by atoms with van der Waals surface area (Å²) in [7, 11) is 1.61. The van der Waals surface area contributed by atoms with Crippen LogP contribution in [0.1, 0.15) is 17.2 Å². The van der Waals surface area contributed by atoms with E-state index >= 15 is 0 Å². The van der Waals surface area contributed by atoms with E-state index in [9.17, 15) is 4.39 Å². The second-order valence-electron chi connectivity index (χ2n) is 5.30. The normalized spacial score (nSPS) is 16.1. The Bertz CT molecular complexity index is 605. The van der Waals surface area contributed by atoms with Gasteiger partial charge in [-0.15, -0.1) is 0 Å². The highest BCUT2D eigenvalue weighted by Crippen LogP contribution is 2.27. The van der Waals surface area contributed by atoms with E-state index in [1.54, 1.807) is 19.2 Å². The summed E-state index contributed by atoms with van der Waals surface area (Å²) in [6, 6.07) is 5.07. The van der Waals surface area contributed by atoms with Gasteiger partial charge >= 0.3 is 0 Å². The molecule has 2 aromatic rings. The molecule has 3 rings (SSSR count). The number of benzene rings is 1. The number of likely N-dealkylation sites (tertiary alicyclic amines) is 1. The molecule has 1 aromatic carbocycles. The first kappa shape index (κ1) is 13.1. The molecule has 0 amide bonds. The zero-order valence-electron chi connectivity index (χ0n) is 11.7. The van der Waals surface area contributed by atoms with Crippen molar-refractivity contribution in [3.05, 3.63) is 47.5 Å². The molecule has 5 heteroatoms. The SMILES string of the molecule is COc1ccc(F)cc1CN1CC(n2cc(C)cn2)C1. The van der Waals surface area contributed by atoms with Gasteiger partial charge in [-0.25, -0.2) is 4.39 Å². The molecule has 0 spiro atoms. The van der Waals surface area contributed by atoms with Gasteiger partial charge < -0.3 is 4.74 Å². The molecular formula is C15H18FN3O. The summed E-state index contributed by atoms with van der Waals surface area (Å²) < 4.78 is 20.6. The summed E-state index contributed by atoms with van der Waals surface area (Å²) in [6.07, 6.45) is 3.93. The van der Waals surface area contributed by atoms with E-state index in [1.165, 1.54) is 11.6 Å². The molecule has 1 aromatic heterocycles. The van der Waals surface area contributed by atoms with E-state index in [0.29, 0.717) is 12.6 Å². The first-order chi connectivity index (χ1) is 9.65. The number of nitrogens with zero attached hydrogens (tertiary/aromatic N) is 3. The smallest absolute Gasteiger partial charge is 0.123 e. The quantitative estimate of drug-likeness (QED) is 0.858. The zero-order valence-corrected chi connectivity index (χ0v) is 11.7. The average molecular weight is 275 g/mol. The van der Waals surface area contributed by atoms with Gasteiger partial charge in [0.15, 0.2) is 0 Å². The fourth-order valence-electron chi connectivity index (χ4n) is 2.58. The number of rotatable bonds is 4. The van der Waals surface area contributed by atoms with Gasteiger partial charge in [0.1, 0.15) is 11.6 Å². The predicted molar refractivity (Wildman–Crippen MR) is 74.2 cm³/mol. The van der Waals surface area contributed by atoms with Crippen LogP contribution in [-0.2, 0) is 6.54 Å². The molecule has 2 heterocycles. The summed E-state index contributed by atoms with van der Waals surface area (Å²) in [4.78, 5) is 2.26. The lowest BCUT2D eigenvalue weighted by atomic mass is 10.1. The molecular weight excluding hydrogens is 257 g/mol. The first-order valence-corrected chi connectivity index (χ1v) is 6.71. The lowest BCUT2D eigenvalue weighted by molar-refractivity contribution is 0.0898. The van der Waals surface area contributed by atoms with Crippen molar-refractivity contribution in [3.63, 3.8) is 0 Å². The second kappa shape index (κ2) is 5.25. The summed E-state index contributed by atoms with van der Waals surface area (Å²) in [5.74, 6) is 0.519. The summed E-state index contributed by atoms with van der Waals surface area (Å²) >= 11 is 0. The van der Waals surface area contributed by atoms with E-state index < -0.39 is 0 Å². The van der Waals surface area contributed by atoms with Gasteiger partial charge in [-0.3, -0.25) is 9.58 Å². The summed E-state index contributed by atoms with van der Waals surface area (Å²) in [6.45, 7) is 4.61. The molecule has 0 bridgehead atoms. The highest BCUT2D eigenvalue weighted by Gasteiger charge is 2.29. The minimum absolute atomic E-state index is 0.222. The Balaban J connectivity index is 1.62. The number of methoxy groups -OCH3 is 1. The van der Waals surface area contributed by atoms with Gasteiger partial charge in [-0.05, 0) is 30.7 Å². The van der Waals surface area contributed by atoms with Crippen molar-refractivity contribution in [1.82, 2.24) is 14.7 Å². The van der Waals surface area contributed by atoms with Crippen molar-refractivity contribution < 1.29 is 9.13 Å². The van der Waals surface area contributed by atoms with Crippen LogP contribution in [-0.4, -0.2) is 34.9 Å². The molecule has 0 aliphatic carbocycles.